The molecule has 2 N–H and O–H groups in total. The Balaban J connectivity index is 1.89. The van der Waals surface area contributed by atoms with E-state index in [0.29, 0.717) is 6.04 Å². The van der Waals surface area contributed by atoms with Gasteiger partial charge in [0, 0.05) is 19.1 Å². The lowest BCUT2D eigenvalue weighted by molar-refractivity contribution is -0.0242. The van der Waals surface area contributed by atoms with E-state index in [1.54, 1.807) is 0 Å². The molecule has 0 aromatic carbocycles. The molecule has 20 heavy (non-hydrogen) atoms. The van der Waals surface area contributed by atoms with Crippen LogP contribution < -0.4 is 5.32 Å². The zero-order chi connectivity index (χ0) is 14.6. The number of likely N-dealkylation sites (tertiary alicyclic amines) is 1. The van der Waals surface area contributed by atoms with Crippen molar-refractivity contribution in [2.45, 2.75) is 70.9 Å². The first-order chi connectivity index (χ1) is 9.50. The van der Waals surface area contributed by atoms with Gasteiger partial charge in [0.1, 0.15) is 0 Å². The van der Waals surface area contributed by atoms with Crippen LogP contribution >= 0.6 is 0 Å². The number of nitrogens with one attached hydrogen (secondary N) is 1. The van der Waals surface area contributed by atoms with Crippen LogP contribution in [0.15, 0.2) is 0 Å². The highest BCUT2D eigenvalue weighted by molar-refractivity contribution is 4.89. The van der Waals surface area contributed by atoms with Crippen molar-refractivity contribution in [2.75, 3.05) is 26.2 Å². The van der Waals surface area contributed by atoms with Gasteiger partial charge in [-0.3, -0.25) is 0 Å². The Kier molecular flexibility index (Phi) is 5.88. The topological polar surface area (TPSA) is 35.5 Å². The van der Waals surface area contributed by atoms with Crippen molar-refractivity contribution in [3.63, 3.8) is 0 Å². The van der Waals surface area contributed by atoms with E-state index < -0.39 is 5.60 Å². The minimum Gasteiger partial charge on any atom is -0.389 e. The molecule has 2 aliphatic rings. The lowest BCUT2D eigenvalue weighted by atomic mass is 9.78. The van der Waals surface area contributed by atoms with Crippen molar-refractivity contribution in [3.8, 4) is 0 Å². The third-order valence-electron chi connectivity index (χ3n) is 5.15. The van der Waals surface area contributed by atoms with Crippen LogP contribution in [-0.4, -0.2) is 47.8 Å². The SMILES string of the molecule is CCCNC1CCC(C)CC1CN1CCCC(C)(O)C1. The van der Waals surface area contributed by atoms with Crippen molar-refractivity contribution < 1.29 is 5.11 Å². The summed E-state index contributed by atoms with van der Waals surface area (Å²) in [6.07, 6.45) is 7.37. The van der Waals surface area contributed by atoms with E-state index in [9.17, 15) is 5.11 Å². The second-order valence-corrected chi connectivity index (χ2v) is 7.57. The van der Waals surface area contributed by atoms with Crippen LogP contribution in [0.4, 0.5) is 0 Å². The Morgan fingerprint density at radius 2 is 2.15 bits per heavy atom. The maximum Gasteiger partial charge on any atom is 0.0746 e. The molecule has 118 valence electrons. The molecule has 0 radical (unpaired) electrons. The number of β-amino-alcohol motifs (C(OH)–C–C–N with tert-alkyl or cyclic N) is 1. The normalized spacial score (nSPS) is 39.9. The van der Waals surface area contributed by atoms with Gasteiger partial charge in [0.2, 0.25) is 0 Å². The van der Waals surface area contributed by atoms with Gasteiger partial charge in [0.05, 0.1) is 5.60 Å². The van der Waals surface area contributed by atoms with Gasteiger partial charge >= 0.3 is 0 Å². The highest BCUT2D eigenvalue weighted by atomic mass is 16.3. The number of hydrogen-bond acceptors (Lipinski definition) is 3. The van der Waals surface area contributed by atoms with Crippen molar-refractivity contribution in [1.29, 1.82) is 0 Å². The second kappa shape index (κ2) is 7.24. The summed E-state index contributed by atoms with van der Waals surface area (Å²) in [5.41, 5.74) is -0.467. The van der Waals surface area contributed by atoms with E-state index in [4.69, 9.17) is 0 Å². The molecular formula is C17H34N2O. The number of rotatable bonds is 5. The predicted molar refractivity (Wildman–Crippen MR) is 84.9 cm³/mol. The molecular weight excluding hydrogens is 248 g/mol. The van der Waals surface area contributed by atoms with Gasteiger partial charge in [-0.25, -0.2) is 0 Å². The molecule has 3 nitrogen and oxygen atoms in total. The van der Waals surface area contributed by atoms with Gasteiger partial charge in [-0.2, -0.15) is 0 Å². The fourth-order valence-corrected chi connectivity index (χ4v) is 4.11. The summed E-state index contributed by atoms with van der Waals surface area (Å²) in [5.74, 6) is 1.63. The maximum absolute atomic E-state index is 10.3. The molecule has 4 atom stereocenters. The summed E-state index contributed by atoms with van der Waals surface area (Å²) in [6, 6.07) is 0.693. The van der Waals surface area contributed by atoms with Crippen molar-refractivity contribution in [1.82, 2.24) is 10.2 Å². The molecule has 3 heteroatoms. The van der Waals surface area contributed by atoms with E-state index >= 15 is 0 Å². The Morgan fingerprint density at radius 3 is 2.85 bits per heavy atom. The highest BCUT2D eigenvalue weighted by Gasteiger charge is 2.33. The predicted octanol–water partition coefficient (Wildman–Crippen LogP) is 2.64. The summed E-state index contributed by atoms with van der Waals surface area (Å²) in [7, 11) is 0. The molecule has 4 unspecified atom stereocenters. The Bertz CT molecular complexity index is 291. The Morgan fingerprint density at radius 1 is 1.35 bits per heavy atom. The summed E-state index contributed by atoms with van der Waals surface area (Å²) in [4.78, 5) is 2.51. The van der Waals surface area contributed by atoms with Crippen molar-refractivity contribution in [3.05, 3.63) is 0 Å². The molecule has 0 spiro atoms. The van der Waals surface area contributed by atoms with Crippen LogP contribution in [0, 0.1) is 11.8 Å². The molecule has 0 aromatic rings. The first-order valence-corrected chi connectivity index (χ1v) is 8.68. The third-order valence-corrected chi connectivity index (χ3v) is 5.15. The van der Waals surface area contributed by atoms with Gasteiger partial charge in [-0.05, 0) is 70.4 Å². The number of nitrogens with zero attached hydrogens (tertiary/aromatic N) is 1. The first-order valence-electron chi connectivity index (χ1n) is 8.68. The van der Waals surface area contributed by atoms with Crippen LogP contribution in [-0.2, 0) is 0 Å². The van der Waals surface area contributed by atoms with E-state index in [1.165, 1.54) is 38.8 Å². The van der Waals surface area contributed by atoms with Crippen LogP contribution in [0.5, 0.6) is 0 Å². The number of piperidine rings is 1. The molecule has 2 rings (SSSR count). The molecule has 1 aliphatic heterocycles. The summed E-state index contributed by atoms with van der Waals surface area (Å²) >= 11 is 0. The lowest BCUT2D eigenvalue weighted by Gasteiger charge is -2.42. The molecule has 0 aromatic heterocycles. The van der Waals surface area contributed by atoms with Crippen LogP contribution in [0.2, 0.25) is 0 Å². The second-order valence-electron chi connectivity index (χ2n) is 7.57. The van der Waals surface area contributed by atoms with Crippen LogP contribution in [0.3, 0.4) is 0 Å². The fraction of sp³-hybridized carbons (Fsp3) is 1.00. The Hall–Kier alpha value is -0.120. The fourth-order valence-electron chi connectivity index (χ4n) is 4.11. The van der Waals surface area contributed by atoms with E-state index in [2.05, 4.69) is 24.1 Å². The molecule has 1 saturated heterocycles. The zero-order valence-electron chi connectivity index (χ0n) is 13.7. The molecule has 0 bridgehead atoms. The summed E-state index contributed by atoms with van der Waals surface area (Å²) < 4.78 is 0. The van der Waals surface area contributed by atoms with E-state index in [-0.39, 0.29) is 0 Å². The van der Waals surface area contributed by atoms with Crippen LogP contribution in [0.1, 0.15) is 59.3 Å². The average molecular weight is 282 g/mol. The molecule has 1 saturated carbocycles. The van der Waals surface area contributed by atoms with Gasteiger partial charge < -0.3 is 15.3 Å². The number of aliphatic hydroxyl groups is 1. The maximum atomic E-state index is 10.3. The molecule has 0 amide bonds. The summed E-state index contributed by atoms with van der Waals surface area (Å²) in [5, 5.41) is 14.0. The van der Waals surface area contributed by atoms with Crippen LogP contribution in [0.25, 0.3) is 0 Å². The van der Waals surface area contributed by atoms with E-state index in [0.717, 1.165) is 37.8 Å². The lowest BCUT2D eigenvalue weighted by Crippen LogP contribution is -2.51. The average Bonchev–Trinajstić information content (AvgIpc) is 2.37. The largest absolute Gasteiger partial charge is 0.389 e. The Labute approximate surface area is 125 Å². The third kappa shape index (κ3) is 4.71. The van der Waals surface area contributed by atoms with Crippen molar-refractivity contribution >= 4 is 0 Å². The van der Waals surface area contributed by atoms with Gasteiger partial charge in [-0.1, -0.05) is 13.8 Å². The monoisotopic (exact) mass is 282 g/mol. The number of hydrogen-bond donors (Lipinski definition) is 2. The molecule has 1 heterocycles. The van der Waals surface area contributed by atoms with Gasteiger partial charge in [-0.15, -0.1) is 0 Å². The minimum atomic E-state index is -0.467. The smallest absolute Gasteiger partial charge is 0.0746 e. The quantitative estimate of drug-likeness (QED) is 0.814. The molecule has 1 aliphatic carbocycles. The first kappa shape index (κ1) is 16.3. The standard InChI is InChI=1S/C17H34N2O/c1-4-9-18-16-7-6-14(2)11-15(16)12-19-10-5-8-17(3,20)13-19/h14-16,18,20H,4-13H2,1-3H3. The summed E-state index contributed by atoms with van der Waals surface area (Å²) in [6.45, 7) is 11.0. The highest BCUT2D eigenvalue weighted by Crippen LogP contribution is 2.31. The van der Waals surface area contributed by atoms with E-state index in [1.807, 2.05) is 6.92 Å². The van der Waals surface area contributed by atoms with Gasteiger partial charge in [0.25, 0.3) is 0 Å². The van der Waals surface area contributed by atoms with Gasteiger partial charge in [0.15, 0.2) is 0 Å². The zero-order valence-corrected chi connectivity index (χ0v) is 13.7. The molecule has 2 fully saturated rings. The van der Waals surface area contributed by atoms with Crippen molar-refractivity contribution in [2.24, 2.45) is 11.8 Å². The minimum absolute atomic E-state index is 0.467.